The number of halogens is 4. The van der Waals surface area contributed by atoms with Crippen molar-refractivity contribution in [3.63, 3.8) is 0 Å². The SMILES string of the molecule is CC1(c2cc(NC(=O)c3coc(CF)n3)ccc2F)N=C(N)OCC1(F)F. The number of oxazole rings is 1. The number of rotatable bonds is 4. The van der Waals surface area contributed by atoms with Crippen LogP contribution in [-0.4, -0.2) is 29.4 Å². The van der Waals surface area contributed by atoms with Crippen molar-refractivity contribution in [1.29, 1.82) is 0 Å². The second kappa shape index (κ2) is 6.56. The molecule has 27 heavy (non-hydrogen) atoms. The van der Waals surface area contributed by atoms with Gasteiger partial charge in [-0.3, -0.25) is 4.79 Å². The number of amidine groups is 1. The Bertz CT molecular complexity index is 915. The molecular weight excluding hydrogens is 372 g/mol. The molecule has 3 N–H and O–H groups in total. The van der Waals surface area contributed by atoms with Gasteiger partial charge in [-0.25, -0.2) is 18.8 Å². The van der Waals surface area contributed by atoms with E-state index in [1.54, 1.807) is 0 Å². The molecule has 2 aromatic rings. The summed E-state index contributed by atoms with van der Waals surface area (Å²) < 4.78 is 64.8. The van der Waals surface area contributed by atoms with E-state index in [0.29, 0.717) is 0 Å². The van der Waals surface area contributed by atoms with Crippen LogP contribution in [0.2, 0.25) is 0 Å². The topological polar surface area (TPSA) is 103 Å². The number of nitrogens with zero attached hydrogens (tertiary/aromatic N) is 2. The summed E-state index contributed by atoms with van der Waals surface area (Å²) in [6.07, 6.45) is 0.938. The molecule has 1 aliphatic heterocycles. The number of hydrogen-bond donors (Lipinski definition) is 2. The Labute approximate surface area is 150 Å². The van der Waals surface area contributed by atoms with Gasteiger partial charge in [-0.05, 0) is 25.1 Å². The zero-order valence-electron chi connectivity index (χ0n) is 13.9. The van der Waals surface area contributed by atoms with Gasteiger partial charge >= 0.3 is 5.92 Å². The number of benzene rings is 1. The third-order valence-electron chi connectivity index (χ3n) is 4.09. The normalized spacial score (nSPS) is 21.3. The van der Waals surface area contributed by atoms with Crippen molar-refractivity contribution >= 4 is 17.6 Å². The van der Waals surface area contributed by atoms with Gasteiger partial charge < -0.3 is 20.2 Å². The zero-order chi connectivity index (χ0) is 19.8. The number of carbonyl (C=O) groups is 1. The Morgan fingerprint density at radius 3 is 2.81 bits per heavy atom. The molecule has 1 aliphatic rings. The number of hydrogen-bond acceptors (Lipinski definition) is 6. The van der Waals surface area contributed by atoms with E-state index in [1.165, 1.54) is 6.07 Å². The largest absolute Gasteiger partial charge is 0.459 e. The van der Waals surface area contributed by atoms with Crippen LogP contribution in [0.5, 0.6) is 0 Å². The maximum Gasteiger partial charge on any atom is 0.310 e. The fourth-order valence-corrected chi connectivity index (χ4v) is 2.54. The molecule has 144 valence electrons. The van der Waals surface area contributed by atoms with Crippen LogP contribution in [0.1, 0.15) is 28.9 Å². The van der Waals surface area contributed by atoms with E-state index in [-0.39, 0.29) is 17.3 Å². The summed E-state index contributed by atoms with van der Waals surface area (Å²) in [5.41, 5.74) is 2.33. The molecule has 11 heteroatoms. The number of carbonyl (C=O) groups excluding carboxylic acids is 1. The molecule has 0 spiro atoms. The summed E-state index contributed by atoms with van der Waals surface area (Å²) >= 11 is 0. The van der Waals surface area contributed by atoms with Crippen LogP contribution in [0.25, 0.3) is 0 Å². The Balaban J connectivity index is 1.95. The lowest BCUT2D eigenvalue weighted by molar-refractivity contribution is -0.117. The smallest absolute Gasteiger partial charge is 0.310 e. The van der Waals surface area contributed by atoms with Gasteiger partial charge in [0.2, 0.25) is 5.89 Å². The van der Waals surface area contributed by atoms with E-state index in [2.05, 4.69) is 20.0 Å². The number of alkyl halides is 3. The van der Waals surface area contributed by atoms with Gasteiger partial charge in [0.15, 0.2) is 24.5 Å². The predicted molar refractivity (Wildman–Crippen MR) is 85.5 cm³/mol. The number of aromatic nitrogens is 1. The van der Waals surface area contributed by atoms with E-state index in [9.17, 15) is 22.4 Å². The van der Waals surface area contributed by atoms with E-state index >= 15 is 0 Å². The van der Waals surface area contributed by atoms with Crippen LogP contribution in [0, 0.1) is 5.82 Å². The third kappa shape index (κ3) is 3.32. The average Bonchev–Trinajstić information content (AvgIpc) is 3.10. The lowest BCUT2D eigenvalue weighted by Gasteiger charge is -2.37. The maximum atomic E-state index is 14.4. The molecule has 0 radical (unpaired) electrons. The molecule has 3 rings (SSSR count). The minimum Gasteiger partial charge on any atom is -0.459 e. The Morgan fingerprint density at radius 1 is 1.41 bits per heavy atom. The average molecular weight is 386 g/mol. The molecule has 0 saturated heterocycles. The summed E-state index contributed by atoms with van der Waals surface area (Å²) in [5.74, 6) is -5.60. The van der Waals surface area contributed by atoms with Gasteiger partial charge in [-0.2, -0.15) is 8.78 Å². The van der Waals surface area contributed by atoms with Crippen molar-refractivity contribution < 1.29 is 31.5 Å². The Hall–Kier alpha value is -3.11. The number of amides is 1. The Morgan fingerprint density at radius 2 is 2.15 bits per heavy atom. The van der Waals surface area contributed by atoms with Crippen molar-refractivity contribution in [1.82, 2.24) is 4.98 Å². The number of aliphatic imine (C=N–C) groups is 1. The highest BCUT2D eigenvalue weighted by Crippen LogP contribution is 2.44. The summed E-state index contributed by atoms with van der Waals surface area (Å²) in [7, 11) is 0. The second-order valence-corrected chi connectivity index (χ2v) is 5.92. The van der Waals surface area contributed by atoms with Gasteiger partial charge in [-0.15, -0.1) is 0 Å². The van der Waals surface area contributed by atoms with Gasteiger partial charge in [0.1, 0.15) is 12.1 Å². The highest BCUT2D eigenvalue weighted by Gasteiger charge is 2.56. The van der Waals surface area contributed by atoms with E-state index in [4.69, 9.17) is 10.2 Å². The first-order valence-corrected chi connectivity index (χ1v) is 7.64. The van der Waals surface area contributed by atoms with Gasteiger partial charge in [0.25, 0.3) is 11.9 Å². The molecule has 2 heterocycles. The minimum atomic E-state index is -3.55. The molecule has 0 aliphatic carbocycles. The number of ether oxygens (including phenoxy) is 1. The Kier molecular flexibility index (Phi) is 4.54. The van der Waals surface area contributed by atoms with Crippen LogP contribution >= 0.6 is 0 Å². The van der Waals surface area contributed by atoms with Crippen LogP contribution in [-0.2, 0) is 17.0 Å². The molecule has 1 atom stereocenters. The number of anilines is 1. The lowest BCUT2D eigenvalue weighted by atomic mass is 9.85. The minimum absolute atomic E-state index is 0.00140. The predicted octanol–water partition coefficient (Wildman–Crippen LogP) is 2.73. The molecule has 0 saturated carbocycles. The molecule has 1 aromatic carbocycles. The maximum absolute atomic E-state index is 14.4. The van der Waals surface area contributed by atoms with E-state index in [1.807, 2.05) is 0 Å². The summed E-state index contributed by atoms with van der Waals surface area (Å²) in [6, 6.07) is 2.59. The highest BCUT2D eigenvalue weighted by molar-refractivity contribution is 6.02. The monoisotopic (exact) mass is 386 g/mol. The molecule has 1 aromatic heterocycles. The summed E-state index contributed by atoms with van der Waals surface area (Å²) in [4.78, 5) is 19.3. The van der Waals surface area contributed by atoms with E-state index in [0.717, 1.165) is 25.3 Å². The van der Waals surface area contributed by atoms with Crippen LogP contribution in [0.4, 0.5) is 23.2 Å². The molecule has 7 nitrogen and oxygen atoms in total. The van der Waals surface area contributed by atoms with Gasteiger partial charge in [-0.1, -0.05) is 0 Å². The highest BCUT2D eigenvalue weighted by atomic mass is 19.3. The standard InChI is InChI=1S/C16H14F4N4O3/c1-15(16(19,20)7-27-14(21)24-15)9-4-8(2-3-10(9)18)22-13(25)11-6-26-12(5-17)23-11/h2-4,6H,5,7H2,1H3,(H2,21,24)(H,22,25). The fraction of sp³-hybridized carbons (Fsp3) is 0.312. The first-order chi connectivity index (χ1) is 12.7. The van der Waals surface area contributed by atoms with E-state index < -0.39 is 48.1 Å². The van der Waals surface area contributed by atoms with Crippen LogP contribution in [0.3, 0.4) is 0 Å². The zero-order valence-corrected chi connectivity index (χ0v) is 13.9. The van der Waals surface area contributed by atoms with Crippen LogP contribution < -0.4 is 11.1 Å². The molecule has 1 amide bonds. The van der Waals surface area contributed by atoms with Crippen molar-refractivity contribution in [3.05, 3.63) is 47.4 Å². The van der Waals surface area contributed by atoms with Crippen molar-refractivity contribution in [2.75, 3.05) is 11.9 Å². The third-order valence-corrected chi connectivity index (χ3v) is 4.09. The molecular formula is C16H14F4N4O3. The summed E-state index contributed by atoms with van der Waals surface area (Å²) in [5, 5.41) is 2.35. The first-order valence-electron chi connectivity index (χ1n) is 7.64. The quantitative estimate of drug-likeness (QED) is 0.787. The van der Waals surface area contributed by atoms with Crippen molar-refractivity contribution in [3.8, 4) is 0 Å². The van der Waals surface area contributed by atoms with Gasteiger partial charge in [0, 0.05) is 11.3 Å². The van der Waals surface area contributed by atoms with Crippen molar-refractivity contribution in [2.45, 2.75) is 25.1 Å². The van der Waals surface area contributed by atoms with Crippen molar-refractivity contribution in [2.24, 2.45) is 10.7 Å². The number of nitrogens with two attached hydrogens (primary N) is 1. The fourth-order valence-electron chi connectivity index (χ4n) is 2.54. The molecule has 1 unspecified atom stereocenters. The first kappa shape index (κ1) is 18.7. The van der Waals surface area contributed by atoms with Crippen LogP contribution in [0.15, 0.2) is 33.9 Å². The number of nitrogens with one attached hydrogen (secondary N) is 1. The molecule has 0 fully saturated rings. The second-order valence-electron chi connectivity index (χ2n) is 5.92. The summed E-state index contributed by atoms with van der Waals surface area (Å²) in [6.45, 7) is -1.06. The van der Waals surface area contributed by atoms with Gasteiger partial charge in [0.05, 0.1) is 0 Å². The molecule has 0 bridgehead atoms. The lowest BCUT2D eigenvalue weighted by Crippen LogP contribution is -2.51.